The molecule has 4 N–H and O–H groups in total. The van der Waals surface area contributed by atoms with Crippen molar-refractivity contribution in [1.29, 1.82) is 0 Å². The van der Waals surface area contributed by atoms with Crippen LogP contribution in [0.4, 0.5) is 5.69 Å². The minimum Gasteiger partial charge on any atom is -0.467 e. The molecule has 0 radical (unpaired) electrons. The normalized spacial score (nSPS) is 12.7. The number of hydrogen-bond acceptors (Lipinski definition) is 5. The number of sulfonamides is 1. The van der Waals surface area contributed by atoms with Crippen LogP contribution in [0.25, 0.3) is 0 Å². The van der Waals surface area contributed by atoms with E-state index >= 15 is 0 Å². The van der Waals surface area contributed by atoms with E-state index in [0.717, 1.165) is 6.26 Å². The summed E-state index contributed by atoms with van der Waals surface area (Å²) in [7, 11) is -3.41. The first-order valence-corrected chi connectivity index (χ1v) is 8.84. The molecule has 1 unspecified atom stereocenters. The molecule has 1 heterocycles. The third-order valence-electron chi connectivity index (χ3n) is 3.19. The van der Waals surface area contributed by atoms with Crippen LogP contribution < -0.4 is 15.8 Å². The van der Waals surface area contributed by atoms with Crippen molar-refractivity contribution in [3.63, 3.8) is 0 Å². The van der Waals surface area contributed by atoms with Gasteiger partial charge in [0.25, 0.3) is 5.91 Å². The molecule has 0 saturated carbocycles. The van der Waals surface area contributed by atoms with Crippen LogP contribution in [0.3, 0.4) is 0 Å². The van der Waals surface area contributed by atoms with Gasteiger partial charge in [0.2, 0.25) is 10.0 Å². The summed E-state index contributed by atoms with van der Waals surface area (Å²) >= 11 is 0. The van der Waals surface area contributed by atoms with E-state index in [9.17, 15) is 13.2 Å². The molecule has 0 saturated heterocycles. The van der Waals surface area contributed by atoms with Crippen LogP contribution in [0, 0.1) is 0 Å². The Morgan fingerprint density at radius 2 is 2.04 bits per heavy atom. The Morgan fingerprint density at radius 3 is 2.65 bits per heavy atom. The monoisotopic (exact) mass is 337 g/mol. The van der Waals surface area contributed by atoms with Gasteiger partial charge in [-0.2, -0.15) is 0 Å². The van der Waals surface area contributed by atoms with Crippen molar-refractivity contribution in [2.24, 2.45) is 5.73 Å². The molecule has 23 heavy (non-hydrogen) atoms. The van der Waals surface area contributed by atoms with E-state index < -0.39 is 16.1 Å². The van der Waals surface area contributed by atoms with Gasteiger partial charge in [0.1, 0.15) is 12.0 Å². The maximum absolute atomic E-state index is 12.2. The molecule has 1 aromatic heterocycles. The van der Waals surface area contributed by atoms with Crippen LogP contribution in [0.15, 0.2) is 41.0 Å². The van der Waals surface area contributed by atoms with Crippen molar-refractivity contribution in [1.82, 2.24) is 5.32 Å². The van der Waals surface area contributed by atoms with Crippen LogP contribution in [0.2, 0.25) is 0 Å². The summed E-state index contributed by atoms with van der Waals surface area (Å²) in [6.07, 6.45) is 2.41. The average molecular weight is 337 g/mol. The summed E-state index contributed by atoms with van der Waals surface area (Å²) in [5.74, 6) is 0.192. The number of nitrogens with one attached hydrogen (secondary N) is 2. The smallest absolute Gasteiger partial charge is 0.255 e. The fourth-order valence-corrected chi connectivity index (χ4v) is 2.72. The lowest BCUT2D eigenvalue weighted by molar-refractivity contribution is 0.0939. The Bertz CT molecular complexity index is 799. The Labute approximate surface area is 134 Å². The van der Waals surface area contributed by atoms with Gasteiger partial charge >= 0.3 is 0 Å². The molecule has 0 aliphatic heterocycles. The van der Waals surface area contributed by atoms with E-state index in [0.29, 0.717) is 22.6 Å². The van der Waals surface area contributed by atoms with Gasteiger partial charge in [-0.15, -0.1) is 0 Å². The second kappa shape index (κ2) is 6.84. The third-order valence-corrected chi connectivity index (χ3v) is 3.78. The second-order valence-electron chi connectivity index (χ2n) is 5.16. The highest BCUT2D eigenvalue weighted by Crippen LogP contribution is 2.23. The van der Waals surface area contributed by atoms with E-state index in [1.54, 1.807) is 37.3 Å². The Morgan fingerprint density at radius 1 is 1.35 bits per heavy atom. The van der Waals surface area contributed by atoms with Crippen molar-refractivity contribution in [2.45, 2.75) is 19.5 Å². The summed E-state index contributed by atoms with van der Waals surface area (Å²) in [6.45, 7) is 1.98. The molecule has 1 aromatic carbocycles. The van der Waals surface area contributed by atoms with Crippen molar-refractivity contribution in [2.75, 3.05) is 11.0 Å². The largest absolute Gasteiger partial charge is 0.467 e. The van der Waals surface area contributed by atoms with Crippen LogP contribution >= 0.6 is 0 Å². The maximum atomic E-state index is 12.2. The molecule has 0 fully saturated rings. The number of furan rings is 1. The summed E-state index contributed by atoms with van der Waals surface area (Å²) < 4.78 is 30.4. The van der Waals surface area contributed by atoms with E-state index in [-0.39, 0.29) is 12.5 Å². The fraction of sp³-hybridized carbons (Fsp3) is 0.267. The fourth-order valence-electron chi connectivity index (χ4n) is 2.13. The lowest BCUT2D eigenvalue weighted by Gasteiger charge is -2.18. The number of carbonyl (C=O) groups is 1. The molecule has 0 aliphatic carbocycles. The van der Waals surface area contributed by atoms with E-state index in [4.69, 9.17) is 10.2 Å². The number of amides is 1. The second-order valence-corrected chi connectivity index (χ2v) is 6.91. The first-order chi connectivity index (χ1) is 10.8. The zero-order valence-electron chi connectivity index (χ0n) is 12.9. The molecular weight excluding hydrogens is 318 g/mol. The zero-order valence-corrected chi connectivity index (χ0v) is 13.7. The number of anilines is 1. The number of para-hydroxylation sites is 1. The van der Waals surface area contributed by atoms with E-state index in [2.05, 4.69) is 10.0 Å². The molecule has 2 rings (SSSR count). The molecule has 0 aliphatic rings. The van der Waals surface area contributed by atoms with Gasteiger partial charge in [0.15, 0.2) is 0 Å². The highest BCUT2D eigenvalue weighted by atomic mass is 32.2. The number of benzene rings is 1. The van der Waals surface area contributed by atoms with Gasteiger partial charge in [-0.05, 0) is 24.6 Å². The predicted octanol–water partition coefficient (Wildman–Crippen LogP) is 1.60. The topological polar surface area (TPSA) is 114 Å². The molecular formula is C15H19N3O4S. The lowest BCUT2D eigenvalue weighted by atomic mass is 10.1. The van der Waals surface area contributed by atoms with Gasteiger partial charge in [-0.3, -0.25) is 9.52 Å². The summed E-state index contributed by atoms with van der Waals surface area (Å²) in [6, 6.07) is 8.06. The number of carbonyl (C=O) groups excluding carboxylic acids is 1. The molecule has 1 amide bonds. The van der Waals surface area contributed by atoms with E-state index in [1.807, 2.05) is 0 Å². The summed E-state index contributed by atoms with van der Waals surface area (Å²) in [5, 5.41) is 2.80. The predicted molar refractivity (Wildman–Crippen MR) is 87.4 cm³/mol. The van der Waals surface area contributed by atoms with Gasteiger partial charge in [-0.1, -0.05) is 18.2 Å². The quantitative estimate of drug-likeness (QED) is 0.741. The minimum absolute atomic E-state index is 0.212. The van der Waals surface area contributed by atoms with Gasteiger partial charge in [0, 0.05) is 0 Å². The third kappa shape index (κ3) is 4.57. The highest BCUT2D eigenvalue weighted by molar-refractivity contribution is 7.92. The SMILES string of the molecule is CC(NC(=O)c1coc(CN)c1)c1ccccc1NS(C)(=O)=O. The number of rotatable bonds is 6. The Kier molecular flexibility index (Phi) is 5.07. The van der Waals surface area contributed by atoms with Crippen LogP contribution in [-0.4, -0.2) is 20.6 Å². The highest BCUT2D eigenvalue weighted by Gasteiger charge is 2.17. The minimum atomic E-state index is -3.41. The standard InChI is InChI=1S/C15H19N3O4S/c1-10(17-15(19)11-7-12(8-16)22-9-11)13-5-3-4-6-14(13)18-23(2,20)21/h3-7,9-10,18H,8,16H2,1-2H3,(H,17,19). The average Bonchev–Trinajstić information content (AvgIpc) is 2.95. The van der Waals surface area contributed by atoms with Crippen LogP contribution in [0.5, 0.6) is 0 Å². The number of hydrogen-bond donors (Lipinski definition) is 3. The van der Waals surface area contributed by atoms with Gasteiger partial charge in [0.05, 0.1) is 30.1 Å². The zero-order chi connectivity index (χ0) is 17.0. The first kappa shape index (κ1) is 17.0. The van der Waals surface area contributed by atoms with Gasteiger partial charge < -0.3 is 15.5 Å². The van der Waals surface area contributed by atoms with Crippen molar-refractivity contribution in [3.05, 3.63) is 53.5 Å². The maximum Gasteiger partial charge on any atom is 0.255 e. The molecule has 0 bridgehead atoms. The molecule has 124 valence electrons. The van der Waals surface area contributed by atoms with Crippen molar-refractivity contribution >= 4 is 21.6 Å². The van der Waals surface area contributed by atoms with E-state index in [1.165, 1.54) is 6.26 Å². The molecule has 1 atom stereocenters. The van der Waals surface area contributed by atoms with Crippen molar-refractivity contribution < 1.29 is 17.6 Å². The number of nitrogens with two attached hydrogens (primary N) is 1. The van der Waals surface area contributed by atoms with Crippen LogP contribution in [-0.2, 0) is 16.6 Å². The first-order valence-electron chi connectivity index (χ1n) is 6.95. The van der Waals surface area contributed by atoms with Gasteiger partial charge in [-0.25, -0.2) is 8.42 Å². The molecule has 2 aromatic rings. The molecule has 7 nitrogen and oxygen atoms in total. The Hall–Kier alpha value is -2.32. The summed E-state index contributed by atoms with van der Waals surface area (Å²) in [5.41, 5.74) is 6.90. The van der Waals surface area contributed by atoms with Crippen LogP contribution in [0.1, 0.15) is 34.6 Å². The molecule has 8 heteroatoms. The lowest BCUT2D eigenvalue weighted by Crippen LogP contribution is -2.27. The van der Waals surface area contributed by atoms with Crippen molar-refractivity contribution in [3.8, 4) is 0 Å². The Balaban J connectivity index is 2.17. The molecule has 0 spiro atoms. The summed E-state index contributed by atoms with van der Waals surface area (Å²) in [4.78, 5) is 12.2.